The molecule has 1 rings (SSSR count). The van der Waals surface area contributed by atoms with E-state index in [1.807, 2.05) is 0 Å². The molecule has 0 aliphatic heterocycles. The Morgan fingerprint density at radius 1 is 0.344 bits per heavy atom. The zero-order chi connectivity index (χ0) is 68.0. The lowest BCUT2D eigenvalue weighted by molar-refractivity contribution is -0.143. The first-order chi connectivity index (χ1) is 45.1. The van der Waals surface area contributed by atoms with Gasteiger partial charge in [0.1, 0.15) is 38.5 Å². The standard InChI is InChI=1S/C64H116N8O21/c1-65-53(63(82)83)20-18-19-29-66-57(75)47-90-42-39-87-35-31-68-59(77)49-92-44-41-89-37-33-70-60(78)50-93-45-40-88-36-32-69-58(76)48-91-43-38-86-34-30-67-56(74)28-27-54(64(84)85)72-62(81)52-25-23-51(24-26-52)46-71-55(73)21-16-14-12-10-8-6-4-2-3-5-7-9-11-13-15-17-22-61(79)80/h51-54,65H,2-50H2,1H3,(H,66,75)(H,67,74)(H,68,77)(H,69,76)(H,70,78)(H,71,73)(H,72,81)(H,79,80)(H,82,83)(H,84,85)/t51-,52-,53-,54-/m0/s1. The molecule has 29 heteroatoms. The third-order valence-electron chi connectivity index (χ3n) is 15.2. The summed E-state index contributed by atoms with van der Waals surface area (Å²) in [7, 11) is 1.59. The predicted octanol–water partition coefficient (Wildman–Crippen LogP) is 2.92. The minimum absolute atomic E-state index is 0.0598. The van der Waals surface area contributed by atoms with Gasteiger partial charge in [0, 0.05) is 64.4 Å². The Morgan fingerprint density at radius 3 is 1.06 bits per heavy atom. The summed E-state index contributed by atoms with van der Waals surface area (Å²) in [6.45, 7) is 3.60. The molecule has 1 aliphatic rings. The largest absolute Gasteiger partial charge is 0.481 e. The first kappa shape index (κ1) is 85.4. The fourth-order valence-electron chi connectivity index (χ4n) is 9.81. The maximum Gasteiger partial charge on any atom is 0.326 e. The van der Waals surface area contributed by atoms with Gasteiger partial charge in [-0.15, -0.1) is 0 Å². The quantitative estimate of drug-likeness (QED) is 0.0390. The molecule has 0 spiro atoms. The summed E-state index contributed by atoms with van der Waals surface area (Å²) in [5.74, 6) is -4.82. The highest BCUT2D eigenvalue weighted by Gasteiger charge is 2.30. The molecule has 2 atom stereocenters. The topological polar surface area (TPSA) is 401 Å². The van der Waals surface area contributed by atoms with Crippen LogP contribution in [0.25, 0.3) is 0 Å². The minimum atomic E-state index is -1.21. The van der Waals surface area contributed by atoms with E-state index >= 15 is 0 Å². The van der Waals surface area contributed by atoms with Gasteiger partial charge in [0.05, 0.1) is 79.3 Å². The van der Waals surface area contributed by atoms with Crippen LogP contribution >= 0.6 is 0 Å². The average molecular weight is 1330 g/mol. The molecule has 1 fully saturated rings. The van der Waals surface area contributed by atoms with E-state index in [1.165, 1.54) is 64.2 Å². The number of aliphatic carboxylic acids is 3. The first-order valence-electron chi connectivity index (χ1n) is 34.0. The van der Waals surface area contributed by atoms with Crippen molar-refractivity contribution in [2.45, 2.75) is 185 Å². The van der Waals surface area contributed by atoms with Crippen LogP contribution in [0.4, 0.5) is 0 Å². The third-order valence-corrected chi connectivity index (χ3v) is 15.2. The number of carboxylic acid groups (broad SMARTS) is 3. The second-order valence-corrected chi connectivity index (χ2v) is 23.1. The van der Waals surface area contributed by atoms with E-state index in [-0.39, 0.29) is 204 Å². The molecule has 0 saturated heterocycles. The molecule has 7 amide bonds. The third kappa shape index (κ3) is 55.3. The van der Waals surface area contributed by atoms with E-state index < -0.39 is 30.0 Å². The van der Waals surface area contributed by atoms with Crippen LogP contribution in [0.2, 0.25) is 0 Å². The highest BCUT2D eigenvalue weighted by Crippen LogP contribution is 2.29. The number of ether oxygens (including phenoxy) is 8. The summed E-state index contributed by atoms with van der Waals surface area (Å²) in [6.07, 6.45) is 23.7. The van der Waals surface area contributed by atoms with Crippen LogP contribution in [0, 0.1) is 11.8 Å². The maximum absolute atomic E-state index is 13.0. The lowest BCUT2D eigenvalue weighted by Gasteiger charge is -2.28. The molecule has 11 N–H and O–H groups in total. The van der Waals surface area contributed by atoms with Crippen LogP contribution in [0.15, 0.2) is 0 Å². The molecule has 0 radical (unpaired) electrons. The van der Waals surface area contributed by atoms with Gasteiger partial charge in [-0.2, -0.15) is 0 Å². The van der Waals surface area contributed by atoms with Crippen LogP contribution in [0.3, 0.4) is 0 Å². The molecular formula is C64H116N8O21. The van der Waals surface area contributed by atoms with Crippen LogP contribution in [-0.4, -0.2) is 239 Å². The van der Waals surface area contributed by atoms with Crippen molar-refractivity contribution in [3.8, 4) is 0 Å². The number of unbranched alkanes of at least 4 members (excludes halogenated alkanes) is 16. The molecule has 29 nitrogen and oxygen atoms in total. The van der Waals surface area contributed by atoms with Crippen molar-refractivity contribution in [2.75, 3.05) is 152 Å². The number of carboxylic acids is 3. The van der Waals surface area contributed by atoms with E-state index in [1.54, 1.807) is 7.05 Å². The van der Waals surface area contributed by atoms with Gasteiger partial charge in [-0.05, 0) is 77.2 Å². The number of rotatable bonds is 66. The summed E-state index contributed by atoms with van der Waals surface area (Å²) < 4.78 is 42.8. The summed E-state index contributed by atoms with van der Waals surface area (Å²) in [4.78, 5) is 119. The monoisotopic (exact) mass is 1330 g/mol. The van der Waals surface area contributed by atoms with Crippen molar-refractivity contribution in [3.63, 3.8) is 0 Å². The number of hydrogen-bond acceptors (Lipinski definition) is 19. The lowest BCUT2D eigenvalue weighted by atomic mass is 9.81. The highest BCUT2D eigenvalue weighted by atomic mass is 16.5. The molecule has 538 valence electrons. The van der Waals surface area contributed by atoms with E-state index in [9.17, 15) is 53.1 Å². The smallest absolute Gasteiger partial charge is 0.326 e. The van der Waals surface area contributed by atoms with Gasteiger partial charge in [-0.25, -0.2) is 4.79 Å². The number of carbonyl (C=O) groups excluding carboxylic acids is 7. The van der Waals surface area contributed by atoms with Crippen molar-refractivity contribution < 1.29 is 101 Å². The lowest BCUT2D eigenvalue weighted by Crippen LogP contribution is -2.45. The average Bonchev–Trinajstić information content (AvgIpc) is 1.76. The molecule has 0 heterocycles. The number of carbonyl (C=O) groups is 10. The van der Waals surface area contributed by atoms with Crippen molar-refractivity contribution in [1.29, 1.82) is 0 Å². The fourth-order valence-corrected chi connectivity index (χ4v) is 9.81. The molecule has 0 aromatic heterocycles. The van der Waals surface area contributed by atoms with Gasteiger partial charge in [0.15, 0.2) is 0 Å². The van der Waals surface area contributed by atoms with Gasteiger partial charge in [0.25, 0.3) is 0 Å². The van der Waals surface area contributed by atoms with E-state index in [4.69, 9.17) is 48.1 Å². The summed E-state index contributed by atoms with van der Waals surface area (Å²) in [5.41, 5.74) is 0. The zero-order valence-corrected chi connectivity index (χ0v) is 55.6. The number of likely N-dealkylation sites (N-methyl/N-ethyl adjacent to an activating group) is 1. The van der Waals surface area contributed by atoms with E-state index in [2.05, 4.69) is 42.5 Å². The SMILES string of the molecule is CN[C@@H](CCCCNC(=O)COCCOCCNC(=O)COCCOCCNC(=O)COCCOCCNC(=O)COCCOCCNC(=O)CC[C@H](NC(=O)[C@H]1CC[C@H](CNC(=O)CCCCCCCCCCCCCCCCCCC(=O)O)CC1)C(=O)O)C(=O)O. The van der Waals surface area contributed by atoms with Gasteiger partial charge >= 0.3 is 17.9 Å². The highest BCUT2D eigenvalue weighted by molar-refractivity contribution is 5.86. The van der Waals surface area contributed by atoms with Crippen molar-refractivity contribution in [2.24, 2.45) is 11.8 Å². The van der Waals surface area contributed by atoms with Crippen LogP contribution in [0.1, 0.15) is 173 Å². The second-order valence-electron chi connectivity index (χ2n) is 23.1. The van der Waals surface area contributed by atoms with Gasteiger partial charge in [0.2, 0.25) is 41.4 Å². The maximum atomic E-state index is 13.0. The van der Waals surface area contributed by atoms with Crippen LogP contribution in [0.5, 0.6) is 0 Å². The van der Waals surface area contributed by atoms with Crippen molar-refractivity contribution in [1.82, 2.24) is 42.5 Å². The summed E-state index contributed by atoms with van der Waals surface area (Å²) in [5, 5.41) is 49.2. The molecular weight excluding hydrogens is 1220 g/mol. The normalized spacial score (nSPS) is 14.3. The van der Waals surface area contributed by atoms with Gasteiger partial charge in [-0.1, -0.05) is 89.9 Å². The number of amides is 7. The molecule has 0 unspecified atom stereocenters. The molecule has 0 aromatic carbocycles. The van der Waals surface area contributed by atoms with Crippen molar-refractivity contribution in [3.05, 3.63) is 0 Å². The van der Waals surface area contributed by atoms with E-state index in [0.29, 0.717) is 51.6 Å². The Morgan fingerprint density at radius 2 is 0.688 bits per heavy atom. The minimum Gasteiger partial charge on any atom is -0.481 e. The van der Waals surface area contributed by atoms with Crippen LogP contribution in [-0.2, 0) is 85.8 Å². The molecule has 0 aromatic rings. The number of nitrogens with one attached hydrogen (secondary N) is 8. The van der Waals surface area contributed by atoms with Gasteiger partial charge in [-0.3, -0.25) is 43.2 Å². The molecule has 1 saturated carbocycles. The first-order valence-corrected chi connectivity index (χ1v) is 34.0. The molecule has 0 bridgehead atoms. The molecule has 93 heavy (non-hydrogen) atoms. The number of hydrogen-bond donors (Lipinski definition) is 11. The Hall–Kier alpha value is -5.66. The van der Waals surface area contributed by atoms with Crippen LogP contribution < -0.4 is 42.5 Å². The fraction of sp³-hybridized carbons (Fsp3) is 0.844. The van der Waals surface area contributed by atoms with Gasteiger partial charge < -0.3 is 95.7 Å². The second kappa shape index (κ2) is 61.2. The van der Waals surface area contributed by atoms with Crippen molar-refractivity contribution >= 4 is 59.3 Å². The Kier molecular flexibility index (Phi) is 56.2. The predicted molar refractivity (Wildman–Crippen MR) is 344 cm³/mol. The summed E-state index contributed by atoms with van der Waals surface area (Å²) in [6, 6.07) is -1.81. The summed E-state index contributed by atoms with van der Waals surface area (Å²) >= 11 is 0. The Bertz CT molecular complexity index is 2000. The zero-order valence-electron chi connectivity index (χ0n) is 55.6. The van der Waals surface area contributed by atoms with E-state index in [0.717, 1.165) is 51.4 Å². The Labute approximate surface area is 550 Å². The molecule has 1 aliphatic carbocycles. The Balaban J connectivity index is 1.90.